The topological polar surface area (TPSA) is 214 Å². The van der Waals surface area contributed by atoms with Gasteiger partial charge in [-0.15, -0.1) is 0 Å². The first-order valence-electron chi connectivity index (χ1n) is 23.2. The van der Waals surface area contributed by atoms with E-state index in [0.717, 1.165) is 89.9 Å². The zero-order chi connectivity index (χ0) is 45.9. The van der Waals surface area contributed by atoms with Gasteiger partial charge in [-0.2, -0.15) is 0 Å². The van der Waals surface area contributed by atoms with Gasteiger partial charge >= 0.3 is 5.97 Å². The molecule has 7 N–H and O–H groups in total. The number of aliphatic hydroxyl groups excluding tert-OH is 7. The maximum absolute atomic E-state index is 12.9. The smallest absolute Gasteiger partial charge is 0.306 e. The number of rotatable bonds is 34. The van der Waals surface area contributed by atoms with Crippen LogP contribution >= 0.6 is 0 Å². The van der Waals surface area contributed by atoms with Crippen LogP contribution in [0.5, 0.6) is 0 Å². The zero-order valence-electron chi connectivity index (χ0n) is 37.8. The molecule has 0 aromatic rings. The molecule has 2 heterocycles. The van der Waals surface area contributed by atoms with Gasteiger partial charge in [-0.25, -0.2) is 0 Å². The molecule has 0 radical (unpaired) electrons. The van der Waals surface area contributed by atoms with E-state index in [0.29, 0.717) is 13.0 Å². The highest BCUT2D eigenvalue weighted by Crippen LogP contribution is 2.26. The lowest BCUT2D eigenvalue weighted by atomic mass is 9.98. The molecule has 360 valence electrons. The molecule has 2 aliphatic rings. The monoisotopic (exact) mass is 893 g/mol. The first-order valence-corrected chi connectivity index (χ1v) is 23.2. The standard InChI is InChI=1S/C49H80O14/c1-3-5-7-9-11-13-15-17-19-20-22-24-26-28-30-32-41(51)61-38(35-58-33-31-29-27-25-23-21-18-16-14-12-10-8-6-4-2)36-59-48-47(57)45(55)43(53)40(63-48)37-60-49-46(56)44(54)42(52)39(34-50)62-49/h5-8,11-14,17-19,21-22,24,38-40,42-50,52-57H,3-4,9-10,15-16,20,23,25-37H2,1-2H3/b7-5-,8-6-,13-11-,14-12-,19-17-,21-18-,24-22-. The van der Waals surface area contributed by atoms with Gasteiger partial charge in [-0.1, -0.05) is 112 Å². The number of carbonyl (C=O) groups is 1. The molecular weight excluding hydrogens is 813 g/mol. The third-order valence-electron chi connectivity index (χ3n) is 10.4. The fraction of sp³-hybridized carbons (Fsp3) is 0.694. The second-order valence-corrected chi connectivity index (χ2v) is 15.8. The van der Waals surface area contributed by atoms with Crippen LogP contribution in [0.2, 0.25) is 0 Å². The van der Waals surface area contributed by atoms with Gasteiger partial charge in [-0.05, 0) is 83.5 Å². The normalized spacial score (nSPS) is 27.8. The molecule has 14 heteroatoms. The number of hydrogen-bond acceptors (Lipinski definition) is 14. The summed E-state index contributed by atoms with van der Waals surface area (Å²) in [5, 5.41) is 71.9. The number of unbranched alkanes of at least 4 members (excludes halogenated alkanes) is 6. The molecule has 11 atom stereocenters. The predicted octanol–water partition coefficient (Wildman–Crippen LogP) is 5.73. The summed E-state index contributed by atoms with van der Waals surface area (Å²) in [6.07, 6.45) is 28.0. The summed E-state index contributed by atoms with van der Waals surface area (Å²) in [5.74, 6) is -0.430. The summed E-state index contributed by atoms with van der Waals surface area (Å²) in [6.45, 7) is 3.30. The van der Waals surface area contributed by atoms with Crippen molar-refractivity contribution in [2.75, 3.05) is 33.0 Å². The van der Waals surface area contributed by atoms with Gasteiger partial charge < -0.3 is 64.2 Å². The summed E-state index contributed by atoms with van der Waals surface area (Å²) in [7, 11) is 0. The Morgan fingerprint density at radius 2 is 0.984 bits per heavy atom. The van der Waals surface area contributed by atoms with Gasteiger partial charge in [0.1, 0.15) is 54.9 Å². The largest absolute Gasteiger partial charge is 0.457 e. The average Bonchev–Trinajstić information content (AvgIpc) is 3.28. The molecule has 0 bridgehead atoms. The molecule has 0 aliphatic carbocycles. The van der Waals surface area contributed by atoms with Crippen molar-refractivity contribution in [3.8, 4) is 0 Å². The highest BCUT2D eigenvalue weighted by atomic mass is 16.7. The molecule has 0 spiro atoms. The van der Waals surface area contributed by atoms with Crippen molar-refractivity contribution < 1.29 is 69.0 Å². The number of ether oxygens (including phenoxy) is 6. The molecule has 0 amide bonds. The number of aliphatic hydroxyl groups is 7. The lowest BCUT2D eigenvalue weighted by molar-refractivity contribution is -0.332. The highest BCUT2D eigenvalue weighted by molar-refractivity contribution is 5.69. The molecule has 63 heavy (non-hydrogen) atoms. The summed E-state index contributed by atoms with van der Waals surface area (Å²) in [4.78, 5) is 12.9. The molecule has 2 rings (SSSR count). The van der Waals surface area contributed by atoms with E-state index in [1.54, 1.807) is 0 Å². The molecule has 0 aromatic heterocycles. The molecular formula is C49H80O14. The van der Waals surface area contributed by atoms with E-state index in [1.165, 1.54) is 0 Å². The van der Waals surface area contributed by atoms with E-state index < -0.39 is 86.7 Å². The minimum absolute atomic E-state index is 0.0236. The quantitative estimate of drug-likeness (QED) is 0.0234. The fourth-order valence-corrected chi connectivity index (χ4v) is 6.64. The van der Waals surface area contributed by atoms with Crippen LogP contribution in [0.3, 0.4) is 0 Å². The van der Waals surface area contributed by atoms with Crippen LogP contribution in [-0.2, 0) is 33.2 Å². The van der Waals surface area contributed by atoms with Crippen LogP contribution in [0.1, 0.15) is 117 Å². The second-order valence-electron chi connectivity index (χ2n) is 15.8. The van der Waals surface area contributed by atoms with E-state index >= 15 is 0 Å². The molecule has 11 unspecified atom stereocenters. The Morgan fingerprint density at radius 3 is 1.52 bits per heavy atom. The van der Waals surface area contributed by atoms with Crippen LogP contribution in [-0.4, -0.2) is 142 Å². The van der Waals surface area contributed by atoms with Crippen molar-refractivity contribution in [2.24, 2.45) is 0 Å². The Kier molecular flexibility index (Phi) is 32.5. The van der Waals surface area contributed by atoms with Gasteiger partial charge in [0.25, 0.3) is 0 Å². The molecule has 2 saturated heterocycles. The number of carbonyl (C=O) groups excluding carboxylic acids is 1. The van der Waals surface area contributed by atoms with Crippen molar-refractivity contribution >= 4 is 5.97 Å². The Labute approximate surface area is 376 Å². The Morgan fingerprint density at radius 1 is 0.524 bits per heavy atom. The maximum atomic E-state index is 12.9. The summed E-state index contributed by atoms with van der Waals surface area (Å²) >= 11 is 0. The Bertz CT molecular complexity index is 1360. The van der Waals surface area contributed by atoms with Crippen LogP contribution in [0, 0.1) is 0 Å². The highest BCUT2D eigenvalue weighted by Gasteiger charge is 2.47. The van der Waals surface area contributed by atoms with Crippen LogP contribution < -0.4 is 0 Å². The van der Waals surface area contributed by atoms with Crippen molar-refractivity contribution in [2.45, 2.75) is 184 Å². The van der Waals surface area contributed by atoms with E-state index in [1.807, 2.05) is 0 Å². The van der Waals surface area contributed by atoms with E-state index in [2.05, 4.69) is 98.9 Å². The molecule has 14 nitrogen and oxygen atoms in total. The fourth-order valence-electron chi connectivity index (χ4n) is 6.64. The maximum Gasteiger partial charge on any atom is 0.306 e. The first kappa shape index (κ1) is 56.3. The summed E-state index contributed by atoms with van der Waals surface area (Å²) in [5.41, 5.74) is 0. The van der Waals surface area contributed by atoms with E-state index in [9.17, 15) is 40.5 Å². The van der Waals surface area contributed by atoms with Gasteiger partial charge in [0, 0.05) is 13.0 Å². The van der Waals surface area contributed by atoms with Gasteiger partial charge in [-0.3, -0.25) is 4.79 Å². The Hall–Kier alpha value is -2.83. The van der Waals surface area contributed by atoms with E-state index in [4.69, 9.17) is 28.4 Å². The average molecular weight is 893 g/mol. The molecule has 2 aliphatic heterocycles. The second kappa shape index (κ2) is 36.4. The van der Waals surface area contributed by atoms with Gasteiger partial charge in [0.2, 0.25) is 0 Å². The van der Waals surface area contributed by atoms with Crippen LogP contribution in [0.15, 0.2) is 85.1 Å². The minimum atomic E-state index is -1.72. The van der Waals surface area contributed by atoms with Crippen molar-refractivity contribution in [1.29, 1.82) is 0 Å². The summed E-state index contributed by atoms with van der Waals surface area (Å²) in [6, 6.07) is 0. The van der Waals surface area contributed by atoms with Gasteiger partial charge in [0.05, 0.1) is 26.4 Å². The van der Waals surface area contributed by atoms with Gasteiger partial charge in [0.15, 0.2) is 12.6 Å². The predicted molar refractivity (Wildman–Crippen MR) is 242 cm³/mol. The number of esters is 1. The lowest BCUT2D eigenvalue weighted by Crippen LogP contribution is -2.61. The van der Waals surface area contributed by atoms with Crippen LogP contribution in [0.25, 0.3) is 0 Å². The summed E-state index contributed by atoms with van der Waals surface area (Å²) < 4.78 is 34.1. The molecule has 0 saturated carbocycles. The third-order valence-corrected chi connectivity index (χ3v) is 10.4. The number of hydrogen-bond donors (Lipinski definition) is 7. The SMILES string of the molecule is CC/C=C\C/C=C\C/C=C\C/C=C\CCCCC(=O)OC(COCCCCCC/C=C\C/C=C\C/C=C\CC)COC1OC(COC2OC(CO)C(O)C(O)C2O)C(O)C(O)C1O. The third kappa shape index (κ3) is 24.9. The van der Waals surface area contributed by atoms with Crippen molar-refractivity contribution in [3.63, 3.8) is 0 Å². The molecule has 0 aromatic carbocycles. The lowest BCUT2D eigenvalue weighted by Gasteiger charge is -2.42. The van der Waals surface area contributed by atoms with Crippen molar-refractivity contribution in [3.05, 3.63) is 85.1 Å². The Balaban J connectivity index is 1.85. The molecule has 2 fully saturated rings. The zero-order valence-corrected chi connectivity index (χ0v) is 37.8. The van der Waals surface area contributed by atoms with Crippen LogP contribution in [0.4, 0.5) is 0 Å². The number of allylic oxidation sites excluding steroid dienone is 14. The van der Waals surface area contributed by atoms with E-state index in [-0.39, 0.29) is 19.6 Å². The van der Waals surface area contributed by atoms with Crippen molar-refractivity contribution in [1.82, 2.24) is 0 Å². The first-order chi connectivity index (χ1) is 30.6. The minimum Gasteiger partial charge on any atom is -0.457 e.